The van der Waals surface area contributed by atoms with E-state index in [-0.39, 0.29) is 11.7 Å². The van der Waals surface area contributed by atoms with Crippen molar-refractivity contribution >= 4 is 27.5 Å². The van der Waals surface area contributed by atoms with Crippen LogP contribution in [0.3, 0.4) is 0 Å². The molecule has 0 saturated carbocycles. The first-order valence-corrected chi connectivity index (χ1v) is 8.01. The minimum Gasteiger partial charge on any atom is -0.347 e. The average Bonchev–Trinajstić information content (AvgIpc) is 3.06. The second-order valence-electron chi connectivity index (χ2n) is 5.21. The number of aromatic nitrogens is 1. The molecule has 3 rings (SSSR count). The summed E-state index contributed by atoms with van der Waals surface area (Å²) in [6.45, 7) is 2.51. The highest BCUT2D eigenvalue weighted by Gasteiger charge is 2.15. The molecular weight excluding hydrogens is 299 g/mol. The van der Waals surface area contributed by atoms with Crippen molar-refractivity contribution in [3.8, 4) is 0 Å². The summed E-state index contributed by atoms with van der Waals surface area (Å²) in [5, 5.41) is 2.88. The van der Waals surface area contributed by atoms with Crippen LogP contribution in [0.2, 0.25) is 0 Å². The van der Waals surface area contributed by atoms with E-state index in [1.807, 2.05) is 17.7 Å². The van der Waals surface area contributed by atoms with E-state index in [4.69, 9.17) is 0 Å². The molecule has 0 saturated heterocycles. The normalized spacial score (nSPS) is 11.0. The Kier molecular flexibility index (Phi) is 3.98. The molecule has 0 aliphatic carbocycles. The summed E-state index contributed by atoms with van der Waals surface area (Å²) < 4.78 is 15.9. The summed E-state index contributed by atoms with van der Waals surface area (Å²) >= 11 is 1.72. The molecule has 2 aromatic heterocycles. The number of halogens is 1. The Morgan fingerprint density at radius 2 is 2.00 bits per heavy atom. The smallest absolute Gasteiger partial charge is 0.268 e. The van der Waals surface area contributed by atoms with Crippen LogP contribution in [0.5, 0.6) is 0 Å². The first-order chi connectivity index (χ1) is 10.6. The van der Waals surface area contributed by atoms with Gasteiger partial charge in [0.25, 0.3) is 5.91 Å². The lowest BCUT2D eigenvalue weighted by Crippen LogP contribution is -2.24. The monoisotopic (exact) mass is 316 g/mol. The fraction of sp³-hybridized carbons (Fsp3) is 0.235. The number of fused-ring (bicyclic) bond motifs is 1. The van der Waals surface area contributed by atoms with Crippen molar-refractivity contribution in [3.63, 3.8) is 0 Å². The van der Waals surface area contributed by atoms with Crippen molar-refractivity contribution < 1.29 is 9.18 Å². The highest BCUT2D eigenvalue weighted by atomic mass is 32.1. The SMILES string of the molecule is CCc1cc2c(cc(C(=O)NCc3ccc(F)cc3)n2C)s1. The van der Waals surface area contributed by atoms with Gasteiger partial charge in [-0.05, 0) is 36.2 Å². The predicted octanol–water partition coefficient (Wildman–Crippen LogP) is 3.87. The minimum atomic E-state index is -0.274. The molecule has 3 nitrogen and oxygen atoms in total. The Morgan fingerprint density at radius 1 is 1.27 bits per heavy atom. The molecule has 0 unspecified atom stereocenters. The number of aryl methyl sites for hydroxylation is 2. The van der Waals surface area contributed by atoms with Gasteiger partial charge in [0.05, 0.1) is 10.2 Å². The van der Waals surface area contributed by atoms with Gasteiger partial charge in [-0.15, -0.1) is 11.3 Å². The Hall–Kier alpha value is -2.14. The van der Waals surface area contributed by atoms with Crippen molar-refractivity contribution in [1.82, 2.24) is 9.88 Å². The van der Waals surface area contributed by atoms with Crippen LogP contribution in [-0.2, 0) is 20.0 Å². The lowest BCUT2D eigenvalue weighted by atomic mass is 10.2. The van der Waals surface area contributed by atoms with Gasteiger partial charge < -0.3 is 9.88 Å². The third-order valence-electron chi connectivity index (χ3n) is 3.73. The number of benzene rings is 1. The number of carbonyl (C=O) groups is 1. The number of rotatable bonds is 4. The third kappa shape index (κ3) is 2.76. The standard InChI is InChI=1S/C17H17FN2OS/c1-3-13-8-14-16(22-13)9-15(20(14)2)17(21)19-10-11-4-6-12(18)7-5-11/h4-9H,3,10H2,1-2H3,(H,19,21). The zero-order valence-electron chi connectivity index (χ0n) is 12.5. The number of carbonyl (C=O) groups excluding carboxylic acids is 1. The van der Waals surface area contributed by atoms with Gasteiger partial charge in [-0.2, -0.15) is 0 Å². The Bertz CT molecular complexity index is 817. The second kappa shape index (κ2) is 5.93. The largest absolute Gasteiger partial charge is 0.347 e. The number of nitrogens with one attached hydrogen (secondary N) is 1. The average molecular weight is 316 g/mol. The summed E-state index contributed by atoms with van der Waals surface area (Å²) in [5.41, 5.74) is 2.61. The molecule has 5 heteroatoms. The van der Waals surface area contributed by atoms with Crippen LogP contribution in [0, 0.1) is 5.82 Å². The van der Waals surface area contributed by atoms with E-state index in [2.05, 4.69) is 18.3 Å². The van der Waals surface area contributed by atoms with Gasteiger partial charge in [-0.1, -0.05) is 19.1 Å². The first kappa shape index (κ1) is 14.8. The molecule has 0 atom stereocenters. The van der Waals surface area contributed by atoms with Crippen molar-refractivity contribution in [2.75, 3.05) is 0 Å². The lowest BCUT2D eigenvalue weighted by Gasteiger charge is -2.06. The van der Waals surface area contributed by atoms with E-state index in [0.29, 0.717) is 12.2 Å². The van der Waals surface area contributed by atoms with Gasteiger partial charge in [-0.3, -0.25) is 4.79 Å². The van der Waals surface area contributed by atoms with E-state index in [1.165, 1.54) is 17.0 Å². The summed E-state index contributed by atoms with van der Waals surface area (Å²) in [4.78, 5) is 13.6. The van der Waals surface area contributed by atoms with Crippen LogP contribution in [0.15, 0.2) is 36.4 Å². The lowest BCUT2D eigenvalue weighted by molar-refractivity contribution is 0.0943. The molecule has 2 heterocycles. The van der Waals surface area contributed by atoms with Crippen LogP contribution < -0.4 is 5.32 Å². The Labute approximate surface area is 132 Å². The molecule has 0 aliphatic heterocycles. The summed E-state index contributed by atoms with van der Waals surface area (Å²) in [6, 6.07) is 10.2. The van der Waals surface area contributed by atoms with Crippen molar-refractivity contribution in [2.24, 2.45) is 7.05 Å². The molecule has 0 fully saturated rings. The van der Waals surface area contributed by atoms with Crippen molar-refractivity contribution in [3.05, 3.63) is 58.3 Å². The zero-order valence-corrected chi connectivity index (χ0v) is 13.3. The number of hydrogen-bond acceptors (Lipinski definition) is 2. The Balaban J connectivity index is 1.75. The molecule has 1 amide bonds. The third-order valence-corrected chi connectivity index (χ3v) is 4.94. The van der Waals surface area contributed by atoms with Gasteiger partial charge in [0.2, 0.25) is 0 Å². The number of nitrogens with zero attached hydrogens (tertiary/aromatic N) is 1. The first-order valence-electron chi connectivity index (χ1n) is 7.19. The van der Waals surface area contributed by atoms with E-state index in [0.717, 1.165) is 22.2 Å². The molecule has 0 bridgehead atoms. The maximum absolute atomic E-state index is 12.9. The molecule has 22 heavy (non-hydrogen) atoms. The topological polar surface area (TPSA) is 34.0 Å². The quantitative estimate of drug-likeness (QED) is 0.779. The van der Waals surface area contributed by atoms with E-state index in [1.54, 1.807) is 23.5 Å². The van der Waals surface area contributed by atoms with Crippen LogP contribution in [0.1, 0.15) is 27.9 Å². The zero-order chi connectivity index (χ0) is 15.7. The summed E-state index contributed by atoms with van der Waals surface area (Å²) in [6.07, 6.45) is 1.01. The molecule has 114 valence electrons. The van der Waals surface area contributed by atoms with Gasteiger partial charge in [0.1, 0.15) is 11.5 Å². The minimum absolute atomic E-state index is 0.117. The molecular formula is C17H17FN2OS. The summed E-state index contributed by atoms with van der Waals surface area (Å²) in [7, 11) is 1.90. The van der Waals surface area contributed by atoms with E-state index < -0.39 is 0 Å². The fourth-order valence-corrected chi connectivity index (χ4v) is 3.50. The van der Waals surface area contributed by atoms with E-state index in [9.17, 15) is 9.18 Å². The van der Waals surface area contributed by atoms with Crippen LogP contribution in [0.4, 0.5) is 4.39 Å². The van der Waals surface area contributed by atoms with Gasteiger partial charge in [0.15, 0.2) is 0 Å². The maximum atomic E-state index is 12.9. The predicted molar refractivity (Wildman–Crippen MR) is 87.7 cm³/mol. The fourth-order valence-electron chi connectivity index (χ4n) is 2.43. The molecule has 1 aromatic carbocycles. The van der Waals surface area contributed by atoms with Crippen LogP contribution >= 0.6 is 11.3 Å². The van der Waals surface area contributed by atoms with Crippen LogP contribution in [-0.4, -0.2) is 10.5 Å². The summed E-state index contributed by atoms with van der Waals surface area (Å²) in [5.74, 6) is -0.391. The molecule has 0 radical (unpaired) electrons. The molecule has 0 spiro atoms. The van der Waals surface area contributed by atoms with Crippen molar-refractivity contribution in [1.29, 1.82) is 0 Å². The molecule has 1 N–H and O–H groups in total. The Morgan fingerprint density at radius 3 is 2.64 bits per heavy atom. The van der Waals surface area contributed by atoms with Gasteiger partial charge in [-0.25, -0.2) is 4.39 Å². The number of thiophene rings is 1. The van der Waals surface area contributed by atoms with Gasteiger partial charge >= 0.3 is 0 Å². The second-order valence-corrected chi connectivity index (χ2v) is 6.38. The van der Waals surface area contributed by atoms with E-state index >= 15 is 0 Å². The molecule has 3 aromatic rings. The highest BCUT2D eigenvalue weighted by Crippen LogP contribution is 2.28. The number of hydrogen-bond donors (Lipinski definition) is 1. The molecule has 0 aliphatic rings. The van der Waals surface area contributed by atoms with Gasteiger partial charge in [0, 0.05) is 18.5 Å². The van der Waals surface area contributed by atoms with Crippen molar-refractivity contribution in [2.45, 2.75) is 19.9 Å². The highest BCUT2D eigenvalue weighted by molar-refractivity contribution is 7.19. The number of amides is 1. The maximum Gasteiger partial charge on any atom is 0.268 e. The van der Waals surface area contributed by atoms with Crippen LogP contribution in [0.25, 0.3) is 10.2 Å².